The van der Waals surface area contributed by atoms with E-state index in [1.165, 1.54) is 40.7 Å². The molecule has 0 atom stereocenters. The van der Waals surface area contributed by atoms with Gasteiger partial charge >= 0.3 is 0 Å². The van der Waals surface area contributed by atoms with E-state index in [4.69, 9.17) is 11.6 Å². The fourth-order valence-electron chi connectivity index (χ4n) is 2.63. The van der Waals surface area contributed by atoms with E-state index < -0.39 is 21.7 Å². The molecule has 2 aromatic rings. The zero-order chi connectivity index (χ0) is 18.0. The lowest BCUT2D eigenvalue weighted by Crippen LogP contribution is -2.27. The van der Waals surface area contributed by atoms with Gasteiger partial charge in [-0.25, -0.2) is 12.8 Å². The van der Waals surface area contributed by atoms with E-state index in [9.17, 15) is 17.6 Å². The fraction of sp³-hybridized carbons (Fsp3) is 0.235. The lowest BCUT2D eigenvalue weighted by atomic mass is 10.2. The number of nitrogens with one attached hydrogen (secondary N) is 1. The van der Waals surface area contributed by atoms with Crippen LogP contribution in [0.3, 0.4) is 0 Å². The first-order valence-corrected chi connectivity index (χ1v) is 9.56. The second kappa shape index (κ2) is 7.11. The van der Waals surface area contributed by atoms with Gasteiger partial charge in [0.15, 0.2) is 0 Å². The lowest BCUT2D eigenvalue weighted by molar-refractivity contribution is 0.102. The SMILES string of the molecule is O=C(Nc1ccc(S(=O)(=O)N2CCCC2)cc1)c1ccc(Cl)c(F)c1. The highest BCUT2D eigenvalue weighted by Crippen LogP contribution is 2.23. The predicted octanol–water partition coefficient (Wildman–Crippen LogP) is 3.52. The first-order valence-electron chi connectivity index (χ1n) is 7.74. The number of halogens is 2. The molecular formula is C17H16ClFN2O3S. The van der Waals surface area contributed by atoms with Crippen molar-refractivity contribution in [1.82, 2.24) is 4.31 Å². The maximum Gasteiger partial charge on any atom is 0.255 e. The third kappa shape index (κ3) is 3.84. The molecule has 1 saturated heterocycles. The Balaban J connectivity index is 1.74. The Morgan fingerprint density at radius 2 is 1.72 bits per heavy atom. The molecule has 1 heterocycles. The Kier molecular flexibility index (Phi) is 5.08. The molecule has 3 rings (SSSR count). The summed E-state index contributed by atoms with van der Waals surface area (Å²) in [7, 11) is -3.49. The summed E-state index contributed by atoms with van der Waals surface area (Å²) >= 11 is 5.59. The molecule has 1 fully saturated rings. The predicted molar refractivity (Wildman–Crippen MR) is 93.8 cm³/mol. The second-order valence-electron chi connectivity index (χ2n) is 5.72. The van der Waals surface area contributed by atoms with E-state index in [2.05, 4.69) is 5.32 Å². The summed E-state index contributed by atoms with van der Waals surface area (Å²) in [6.45, 7) is 1.06. The van der Waals surface area contributed by atoms with Gasteiger partial charge in [0.2, 0.25) is 10.0 Å². The Morgan fingerprint density at radius 1 is 1.08 bits per heavy atom. The van der Waals surface area contributed by atoms with E-state index in [1.807, 2.05) is 0 Å². The molecule has 1 aliphatic heterocycles. The summed E-state index contributed by atoms with van der Waals surface area (Å²) in [4.78, 5) is 12.3. The molecule has 0 saturated carbocycles. The molecule has 25 heavy (non-hydrogen) atoms. The third-order valence-electron chi connectivity index (χ3n) is 4.00. The number of rotatable bonds is 4. The van der Waals surface area contributed by atoms with Crippen molar-refractivity contribution >= 4 is 33.2 Å². The fourth-order valence-corrected chi connectivity index (χ4v) is 4.26. The molecule has 0 radical (unpaired) electrons. The number of sulfonamides is 1. The molecule has 1 amide bonds. The Bertz CT molecular complexity index is 895. The van der Waals surface area contributed by atoms with E-state index in [1.54, 1.807) is 0 Å². The molecule has 0 unspecified atom stereocenters. The van der Waals surface area contributed by atoms with Crippen molar-refractivity contribution in [2.24, 2.45) is 0 Å². The van der Waals surface area contributed by atoms with Gasteiger partial charge in [0.05, 0.1) is 9.92 Å². The number of amides is 1. The Hall–Kier alpha value is -1.96. The number of benzene rings is 2. The van der Waals surface area contributed by atoms with Gasteiger partial charge in [-0.1, -0.05) is 11.6 Å². The van der Waals surface area contributed by atoms with Crippen LogP contribution in [0.5, 0.6) is 0 Å². The number of hydrogen-bond donors (Lipinski definition) is 1. The maximum absolute atomic E-state index is 13.4. The van der Waals surface area contributed by atoms with Gasteiger partial charge in [-0.2, -0.15) is 4.31 Å². The minimum absolute atomic E-state index is 0.0620. The van der Waals surface area contributed by atoms with Gasteiger partial charge < -0.3 is 5.32 Å². The zero-order valence-electron chi connectivity index (χ0n) is 13.2. The largest absolute Gasteiger partial charge is 0.322 e. The summed E-state index contributed by atoms with van der Waals surface area (Å²) in [5.41, 5.74) is 0.538. The third-order valence-corrected chi connectivity index (χ3v) is 6.22. The monoisotopic (exact) mass is 382 g/mol. The van der Waals surface area contributed by atoms with Gasteiger partial charge in [0, 0.05) is 24.3 Å². The van der Waals surface area contributed by atoms with E-state index in [0.29, 0.717) is 18.8 Å². The smallest absolute Gasteiger partial charge is 0.255 e. The molecule has 0 spiro atoms. The molecule has 132 valence electrons. The van der Waals surface area contributed by atoms with Crippen molar-refractivity contribution in [1.29, 1.82) is 0 Å². The number of hydrogen-bond acceptors (Lipinski definition) is 3. The zero-order valence-corrected chi connectivity index (χ0v) is 14.8. The summed E-state index contributed by atoms with van der Waals surface area (Å²) in [6.07, 6.45) is 1.73. The van der Waals surface area contributed by atoms with Crippen LogP contribution in [-0.2, 0) is 10.0 Å². The standard InChI is InChI=1S/C17H16ClFN2O3S/c18-15-8-3-12(11-16(15)19)17(22)20-13-4-6-14(7-5-13)25(23,24)21-9-1-2-10-21/h3-8,11H,1-2,9-10H2,(H,20,22). The highest BCUT2D eigenvalue weighted by molar-refractivity contribution is 7.89. The highest BCUT2D eigenvalue weighted by atomic mass is 35.5. The molecule has 5 nitrogen and oxygen atoms in total. The second-order valence-corrected chi connectivity index (χ2v) is 8.06. The number of nitrogens with zero attached hydrogens (tertiary/aromatic N) is 1. The number of carbonyl (C=O) groups is 1. The van der Waals surface area contributed by atoms with Crippen molar-refractivity contribution in [3.05, 3.63) is 58.9 Å². The van der Waals surface area contributed by atoms with E-state index >= 15 is 0 Å². The summed E-state index contributed by atoms with van der Waals surface area (Å²) in [5.74, 6) is -1.19. The van der Waals surface area contributed by atoms with Crippen LogP contribution in [0.1, 0.15) is 23.2 Å². The summed E-state index contributed by atoms with van der Waals surface area (Å²) in [5, 5.41) is 2.53. The van der Waals surface area contributed by atoms with Gasteiger partial charge in [0.1, 0.15) is 5.82 Å². The van der Waals surface area contributed by atoms with Crippen molar-refractivity contribution in [2.75, 3.05) is 18.4 Å². The van der Waals surface area contributed by atoms with Gasteiger partial charge in [-0.3, -0.25) is 4.79 Å². The molecule has 0 bridgehead atoms. The summed E-state index contributed by atoms with van der Waals surface area (Å²) in [6, 6.07) is 9.67. The highest BCUT2D eigenvalue weighted by Gasteiger charge is 2.26. The average molecular weight is 383 g/mol. The van der Waals surface area contributed by atoms with E-state index in [0.717, 1.165) is 18.9 Å². The number of anilines is 1. The van der Waals surface area contributed by atoms with Crippen molar-refractivity contribution < 1.29 is 17.6 Å². The molecule has 8 heteroatoms. The first kappa shape index (κ1) is 17.8. The van der Waals surface area contributed by atoms with Crippen molar-refractivity contribution in [3.8, 4) is 0 Å². The quantitative estimate of drug-likeness (QED) is 0.879. The van der Waals surface area contributed by atoms with Crippen molar-refractivity contribution in [3.63, 3.8) is 0 Å². The Labute approximate surface area is 150 Å². The molecule has 2 aromatic carbocycles. The van der Waals surface area contributed by atoms with Crippen LogP contribution in [0.15, 0.2) is 47.4 Å². The van der Waals surface area contributed by atoms with Crippen LogP contribution in [0.4, 0.5) is 10.1 Å². The van der Waals surface area contributed by atoms with Crippen LogP contribution >= 0.6 is 11.6 Å². The first-order chi connectivity index (χ1) is 11.9. The Morgan fingerprint density at radius 3 is 2.32 bits per heavy atom. The molecule has 0 aliphatic carbocycles. The molecular weight excluding hydrogens is 367 g/mol. The van der Waals surface area contributed by atoms with Crippen LogP contribution in [0, 0.1) is 5.82 Å². The minimum Gasteiger partial charge on any atom is -0.322 e. The van der Waals surface area contributed by atoms with Crippen LogP contribution in [-0.4, -0.2) is 31.7 Å². The minimum atomic E-state index is -3.49. The molecule has 1 aliphatic rings. The van der Waals surface area contributed by atoms with E-state index in [-0.39, 0.29) is 15.5 Å². The number of carbonyl (C=O) groups excluding carboxylic acids is 1. The molecule has 0 aromatic heterocycles. The van der Waals surface area contributed by atoms with Gasteiger partial charge in [0.25, 0.3) is 5.91 Å². The normalized spacial score (nSPS) is 15.3. The summed E-state index contributed by atoms with van der Waals surface area (Å²) < 4.78 is 39.8. The lowest BCUT2D eigenvalue weighted by Gasteiger charge is -2.15. The topological polar surface area (TPSA) is 66.5 Å². The van der Waals surface area contributed by atoms with Gasteiger partial charge in [-0.15, -0.1) is 0 Å². The molecule has 1 N–H and O–H groups in total. The maximum atomic E-state index is 13.4. The van der Waals surface area contributed by atoms with Crippen LogP contribution in [0.25, 0.3) is 0 Å². The van der Waals surface area contributed by atoms with Crippen molar-refractivity contribution in [2.45, 2.75) is 17.7 Å². The van der Waals surface area contributed by atoms with Crippen LogP contribution < -0.4 is 5.32 Å². The van der Waals surface area contributed by atoms with Crippen LogP contribution in [0.2, 0.25) is 5.02 Å². The van der Waals surface area contributed by atoms with Gasteiger partial charge in [-0.05, 0) is 55.3 Å². The average Bonchev–Trinajstić information content (AvgIpc) is 3.13.